The second kappa shape index (κ2) is 9.27. The summed E-state index contributed by atoms with van der Waals surface area (Å²) in [6.07, 6.45) is 3.75. The van der Waals surface area contributed by atoms with E-state index in [-0.39, 0.29) is 23.7 Å². The van der Waals surface area contributed by atoms with Crippen molar-refractivity contribution in [2.75, 3.05) is 0 Å². The molecular weight excluding hydrogens is 441 g/mol. The van der Waals surface area contributed by atoms with Gasteiger partial charge in [0.25, 0.3) is 0 Å². The quantitative estimate of drug-likeness (QED) is 0.398. The van der Waals surface area contributed by atoms with E-state index in [4.69, 9.17) is 0 Å². The molecule has 1 amide bonds. The average Bonchev–Trinajstić information content (AvgIpc) is 3.46. The zero-order valence-electron chi connectivity index (χ0n) is 20.0. The Morgan fingerprint density at radius 3 is 2.49 bits per heavy atom. The highest BCUT2D eigenvalue weighted by Gasteiger charge is 2.41. The first kappa shape index (κ1) is 23.2. The Kier molecular flexibility index (Phi) is 6.15. The summed E-state index contributed by atoms with van der Waals surface area (Å²) in [6.45, 7) is 3.93. The van der Waals surface area contributed by atoms with Crippen molar-refractivity contribution in [1.29, 1.82) is 0 Å². The number of halogens is 1. The van der Waals surface area contributed by atoms with E-state index in [2.05, 4.69) is 28.6 Å². The molecule has 1 heterocycles. The number of rotatable bonds is 6. The number of amides is 1. The summed E-state index contributed by atoms with van der Waals surface area (Å²) in [5, 5.41) is 18.9. The Hall–Kier alpha value is -3.51. The van der Waals surface area contributed by atoms with Crippen LogP contribution in [0, 0.1) is 11.2 Å². The highest BCUT2D eigenvalue weighted by molar-refractivity contribution is 5.85. The number of aliphatic hydroxyl groups excluding tert-OH is 1. The van der Waals surface area contributed by atoms with Crippen LogP contribution in [-0.4, -0.2) is 32.9 Å². The Morgan fingerprint density at radius 2 is 1.80 bits per heavy atom. The molecule has 0 bridgehead atoms. The van der Waals surface area contributed by atoms with Gasteiger partial charge in [-0.05, 0) is 66.8 Å². The van der Waals surface area contributed by atoms with E-state index in [1.807, 2.05) is 44.2 Å². The fraction of sp³-hybridized carbons (Fsp3) is 0.310. The molecule has 1 aliphatic rings. The molecule has 0 spiro atoms. The summed E-state index contributed by atoms with van der Waals surface area (Å²) < 4.78 is 15.2. The van der Waals surface area contributed by atoms with Gasteiger partial charge in [-0.25, -0.2) is 9.07 Å². The molecule has 4 aromatic rings. The predicted molar refractivity (Wildman–Crippen MR) is 135 cm³/mol. The number of carbonyl (C=O) groups excluding carboxylic acids is 1. The number of hydrogen-bond acceptors (Lipinski definition) is 3. The smallest absolute Gasteiger partial charge is 0.226 e. The highest BCUT2D eigenvalue weighted by atomic mass is 19.1. The van der Waals surface area contributed by atoms with E-state index in [9.17, 15) is 14.3 Å². The molecule has 2 unspecified atom stereocenters. The third kappa shape index (κ3) is 4.46. The number of carbonyl (C=O) groups is 1. The average molecular weight is 472 g/mol. The molecule has 6 heteroatoms. The van der Waals surface area contributed by atoms with Gasteiger partial charge in [0.2, 0.25) is 5.91 Å². The molecule has 5 rings (SSSR count). The van der Waals surface area contributed by atoms with Crippen LogP contribution in [0.3, 0.4) is 0 Å². The molecule has 180 valence electrons. The Morgan fingerprint density at radius 1 is 1.06 bits per heavy atom. The summed E-state index contributed by atoms with van der Waals surface area (Å²) in [5.74, 6) is -0.566. The number of benzene rings is 3. The van der Waals surface area contributed by atoms with Gasteiger partial charge < -0.3 is 10.4 Å². The van der Waals surface area contributed by atoms with Crippen LogP contribution in [0.4, 0.5) is 4.39 Å². The van der Waals surface area contributed by atoms with Crippen molar-refractivity contribution in [1.82, 2.24) is 15.1 Å². The van der Waals surface area contributed by atoms with Crippen LogP contribution in [0.25, 0.3) is 16.6 Å². The Balaban J connectivity index is 1.53. The molecule has 2 N–H and O–H groups in total. The zero-order valence-corrected chi connectivity index (χ0v) is 20.0. The van der Waals surface area contributed by atoms with Gasteiger partial charge in [-0.3, -0.25) is 4.79 Å². The Bertz CT molecular complexity index is 1330. The van der Waals surface area contributed by atoms with Crippen molar-refractivity contribution >= 4 is 16.8 Å². The van der Waals surface area contributed by atoms with Gasteiger partial charge in [-0.1, -0.05) is 50.2 Å². The molecule has 1 aromatic heterocycles. The third-order valence-corrected chi connectivity index (χ3v) is 7.23. The second-order valence-electron chi connectivity index (χ2n) is 9.99. The van der Waals surface area contributed by atoms with Crippen molar-refractivity contribution in [3.05, 3.63) is 95.9 Å². The fourth-order valence-corrected chi connectivity index (χ4v) is 5.28. The normalized spacial score (nSPS) is 19.1. The van der Waals surface area contributed by atoms with E-state index in [0.717, 1.165) is 47.0 Å². The molecule has 0 radical (unpaired) electrons. The number of hydrogen-bond donors (Lipinski definition) is 2. The lowest BCUT2D eigenvalue weighted by Gasteiger charge is -2.35. The standard InChI is InChI=1S/C29H30FN3O2/c1-29(2,28(35)32-24-9-6-10-26(24)34)27(19-7-4-3-5-8-19)20-11-16-25-21(17-20)18-31-33(25)23-14-12-22(30)13-15-23/h3-5,7-8,11-18,24,26-27,34H,6,9-10H2,1-2H3,(H,32,35)/t24?,26-,27?/m0/s1. The van der Waals surface area contributed by atoms with Crippen LogP contribution in [0.1, 0.15) is 50.2 Å². The number of nitrogens with one attached hydrogen (secondary N) is 1. The van der Waals surface area contributed by atoms with Gasteiger partial charge in [0.05, 0.1) is 35.0 Å². The minimum atomic E-state index is -0.774. The SMILES string of the molecule is CC(C)(C(=O)NC1CCC[C@@H]1O)C(c1ccccc1)c1ccc2c(cnn2-c2ccc(F)cc2)c1. The highest BCUT2D eigenvalue weighted by Crippen LogP contribution is 2.42. The molecule has 0 aliphatic heterocycles. The maximum atomic E-state index is 13.6. The summed E-state index contributed by atoms with van der Waals surface area (Å²) in [6, 6.07) is 22.2. The number of fused-ring (bicyclic) bond motifs is 1. The van der Waals surface area contributed by atoms with Crippen LogP contribution < -0.4 is 5.32 Å². The molecule has 35 heavy (non-hydrogen) atoms. The minimum absolute atomic E-state index is 0.0700. The maximum Gasteiger partial charge on any atom is 0.226 e. The minimum Gasteiger partial charge on any atom is -0.391 e. The fourth-order valence-electron chi connectivity index (χ4n) is 5.28. The van der Waals surface area contributed by atoms with E-state index in [1.165, 1.54) is 12.1 Å². The van der Waals surface area contributed by atoms with Gasteiger partial charge in [0.1, 0.15) is 5.82 Å². The first-order chi connectivity index (χ1) is 16.8. The van der Waals surface area contributed by atoms with Crippen molar-refractivity contribution in [3.8, 4) is 5.69 Å². The molecular formula is C29H30FN3O2. The molecule has 1 aliphatic carbocycles. The summed E-state index contributed by atoms with van der Waals surface area (Å²) >= 11 is 0. The molecule has 1 fully saturated rings. The summed E-state index contributed by atoms with van der Waals surface area (Å²) in [7, 11) is 0. The first-order valence-electron chi connectivity index (χ1n) is 12.1. The van der Waals surface area contributed by atoms with Crippen LogP contribution in [0.5, 0.6) is 0 Å². The third-order valence-electron chi connectivity index (χ3n) is 7.23. The van der Waals surface area contributed by atoms with Gasteiger partial charge in [0, 0.05) is 11.3 Å². The molecule has 0 saturated heterocycles. The molecule has 5 nitrogen and oxygen atoms in total. The largest absolute Gasteiger partial charge is 0.391 e. The zero-order chi connectivity index (χ0) is 24.6. The van der Waals surface area contributed by atoms with Crippen LogP contribution in [0.2, 0.25) is 0 Å². The lowest BCUT2D eigenvalue weighted by Crippen LogP contribution is -2.48. The van der Waals surface area contributed by atoms with Crippen molar-refractivity contribution < 1.29 is 14.3 Å². The van der Waals surface area contributed by atoms with Crippen molar-refractivity contribution in [3.63, 3.8) is 0 Å². The van der Waals surface area contributed by atoms with Crippen LogP contribution >= 0.6 is 0 Å². The molecule has 3 aromatic carbocycles. The summed E-state index contributed by atoms with van der Waals surface area (Å²) in [4.78, 5) is 13.6. The van der Waals surface area contributed by atoms with Gasteiger partial charge in [-0.15, -0.1) is 0 Å². The lowest BCUT2D eigenvalue weighted by molar-refractivity contribution is -0.131. The number of aromatic nitrogens is 2. The monoisotopic (exact) mass is 471 g/mol. The summed E-state index contributed by atoms with van der Waals surface area (Å²) in [5.41, 5.74) is 2.97. The van der Waals surface area contributed by atoms with Crippen LogP contribution in [0.15, 0.2) is 79.0 Å². The van der Waals surface area contributed by atoms with Crippen molar-refractivity contribution in [2.45, 2.75) is 51.2 Å². The van der Waals surface area contributed by atoms with Crippen LogP contribution in [-0.2, 0) is 4.79 Å². The predicted octanol–water partition coefficient (Wildman–Crippen LogP) is 5.35. The Labute approximate surface area is 204 Å². The molecule has 3 atom stereocenters. The van der Waals surface area contributed by atoms with E-state index < -0.39 is 11.5 Å². The number of aliphatic hydroxyl groups is 1. The van der Waals surface area contributed by atoms with E-state index in [1.54, 1.807) is 23.0 Å². The van der Waals surface area contributed by atoms with Gasteiger partial charge >= 0.3 is 0 Å². The number of nitrogens with zero attached hydrogens (tertiary/aromatic N) is 2. The lowest BCUT2D eigenvalue weighted by atomic mass is 9.70. The van der Waals surface area contributed by atoms with E-state index >= 15 is 0 Å². The van der Waals surface area contributed by atoms with Gasteiger partial charge in [0.15, 0.2) is 0 Å². The second-order valence-corrected chi connectivity index (χ2v) is 9.99. The maximum absolute atomic E-state index is 13.6. The van der Waals surface area contributed by atoms with Gasteiger partial charge in [-0.2, -0.15) is 5.10 Å². The topological polar surface area (TPSA) is 67.2 Å². The van der Waals surface area contributed by atoms with E-state index in [0.29, 0.717) is 0 Å². The molecule has 1 saturated carbocycles. The van der Waals surface area contributed by atoms with Crippen molar-refractivity contribution in [2.24, 2.45) is 5.41 Å². The first-order valence-corrected chi connectivity index (χ1v) is 12.1.